The van der Waals surface area contributed by atoms with Crippen LogP contribution >= 0.6 is 0 Å². The summed E-state index contributed by atoms with van der Waals surface area (Å²) in [6, 6.07) is 5.69. The maximum Gasteiger partial charge on any atom is 0.321 e. The molecule has 0 radical (unpaired) electrons. The summed E-state index contributed by atoms with van der Waals surface area (Å²) in [5.41, 5.74) is 0.164. The van der Waals surface area contributed by atoms with Gasteiger partial charge in [-0.05, 0) is 18.6 Å². The molecule has 1 fully saturated rings. The second-order valence-electron chi connectivity index (χ2n) is 4.68. The summed E-state index contributed by atoms with van der Waals surface area (Å²) < 4.78 is 13.4. The average Bonchev–Trinajstić information content (AvgIpc) is 2.42. The summed E-state index contributed by atoms with van der Waals surface area (Å²) in [6.45, 7) is 2.74. The highest BCUT2D eigenvalue weighted by atomic mass is 19.1. The number of piperidine rings is 1. The zero-order valence-electron chi connectivity index (χ0n) is 10.9. The highest BCUT2D eigenvalue weighted by Crippen LogP contribution is 2.18. The predicted molar refractivity (Wildman–Crippen MR) is 70.4 cm³/mol. The van der Waals surface area contributed by atoms with Gasteiger partial charge >= 0.3 is 6.03 Å². The van der Waals surface area contributed by atoms with Crippen LogP contribution in [0.4, 0.5) is 14.9 Å². The molecular weight excluding hydrogens is 247 g/mol. The monoisotopic (exact) mass is 264 g/mol. The quantitative estimate of drug-likeness (QED) is 0.892. The molecule has 1 aliphatic heterocycles. The first-order chi connectivity index (χ1) is 9.11. The van der Waals surface area contributed by atoms with E-state index in [2.05, 4.69) is 5.32 Å². The molecule has 0 saturated carbocycles. The lowest BCUT2D eigenvalue weighted by molar-refractivity contribution is -0.125. The smallest absolute Gasteiger partial charge is 0.321 e. The third-order valence-corrected chi connectivity index (χ3v) is 3.42. The Balaban J connectivity index is 2.01. The molecule has 1 N–H and O–H groups in total. The number of para-hydroxylation sites is 1. The van der Waals surface area contributed by atoms with Crippen LogP contribution in [0.25, 0.3) is 0 Å². The Hall–Kier alpha value is -1.91. The van der Waals surface area contributed by atoms with Crippen molar-refractivity contribution in [3.63, 3.8) is 0 Å². The van der Waals surface area contributed by atoms with Crippen molar-refractivity contribution < 1.29 is 14.0 Å². The zero-order valence-corrected chi connectivity index (χ0v) is 10.9. The van der Waals surface area contributed by atoms with Crippen LogP contribution in [-0.2, 0) is 4.79 Å². The van der Waals surface area contributed by atoms with E-state index in [1.165, 1.54) is 12.1 Å². The van der Waals surface area contributed by atoms with Crippen LogP contribution in [-0.4, -0.2) is 29.8 Å². The van der Waals surface area contributed by atoms with Gasteiger partial charge in [0.1, 0.15) is 11.6 Å². The van der Waals surface area contributed by atoms with Gasteiger partial charge in [0.15, 0.2) is 0 Å². The Bertz CT molecular complexity index is 490. The number of nitrogens with zero attached hydrogens (tertiary/aromatic N) is 1. The number of rotatable bonds is 2. The van der Waals surface area contributed by atoms with Crippen LogP contribution in [0.3, 0.4) is 0 Å². The van der Waals surface area contributed by atoms with Crippen LogP contribution < -0.4 is 5.32 Å². The van der Waals surface area contributed by atoms with Crippen molar-refractivity contribution in [2.75, 3.05) is 18.4 Å². The maximum absolute atomic E-state index is 13.4. The van der Waals surface area contributed by atoms with Gasteiger partial charge in [0, 0.05) is 25.4 Å². The summed E-state index contributed by atoms with van der Waals surface area (Å²) >= 11 is 0. The number of nitrogens with one attached hydrogen (secondary N) is 1. The first-order valence-corrected chi connectivity index (χ1v) is 6.45. The van der Waals surface area contributed by atoms with Gasteiger partial charge in [0.25, 0.3) is 0 Å². The first-order valence-electron chi connectivity index (χ1n) is 6.45. The normalized spacial score (nSPS) is 19.4. The van der Waals surface area contributed by atoms with Crippen molar-refractivity contribution >= 4 is 17.5 Å². The molecule has 1 aromatic rings. The number of Topliss-reactive ketones (excluding diaryl/α,β-unsaturated/α-hetero) is 1. The van der Waals surface area contributed by atoms with E-state index in [0.717, 1.165) is 6.42 Å². The molecular formula is C14H17FN2O2. The molecule has 1 saturated heterocycles. The Morgan fingerprint density at radius 2 is 2.21 bits per heavy atom. The molecule has 0 aliphatic carbocycles. The number of hydrogen-bond acceptors (Lipinski definition) is 2. The third kappa shape index (κ3) is 3.10. The topological polar surface area (TPSA) is 49.4 Å². The van der Waals surface area contributed by atoms with Crippen molar-refractivity contribution in [2.24, 2.45) is 5.92 Å². The van der Waals surface area contributed by atoms with Crippen molar-refractivity contribution in [3.8, 4) is 0 Å². The van der Waals surface area contributed by atoms with E-state index in [9.17, 15) is 14.0 Å². The molecule has 2 rings (SSSR count). The maximum atomic E-state index is 13.4. The van der Waals surface area contributed by atoms with Crippen molar-refractivity contribution in [1.29, 1.82) is 0 Å². The van der Waals surface area contributed by atoms with Crippen LogP contribution in [0.1, 0.15) is 19.8 Å². The molecule has 1 aliphatic rings. The largest absolute Gasteiger partial charge is 0.323 e. The summed E-state index contributed by atoms with van der Waals surface area (Å²) in [7, 11) is 0. The summed E-state index contributed by atoms with van der Waals surface area (Å²) in [4.78, 5) is 25.2. The van der Waals surface area contributed by atoms with E-state index in [-0.39, 0.29) is 23.4 Å². The third-order valence-electron chi connectivity index (χ3n) is 3.42. The van der Waals surface area contributed by atoms with Crippen LogP contribution in [0, 0.1) is 11.7 Å². The van der Waals surface area contributed by atoms with E-state index < -0.39 is 5.82 Å². The summed E-state index contributed by atoms with van der Waals surface area (Å²) in [5, 5.41) is 2.54. The molecule has 0 bridgehead atoms. The lowest BCUT2D eigenvalue weighted by Crippen LogP contribution is -2.45. The van der Waals surface area contributed by atoms with Crippen LogP contribution in [0.2, 0.25) is 0 Å². The Kier molecular flexibility index (Phi) is 4.14. The molecule has 1 unspecified atom stereocenters. The second-order valence-corrected chi connectivity index (χ2v) is 4.68. The standard InChI is InChI=1S/C14H17FN2O2/c1-2-10-9-17(8-7-13(10)18)14(19)16-12-6-4-3-5-11(12)15/h3-6,10H,2,7-9H2,1H3,(H,16,19). The van der Waals surface area contributed by atoms with E-state index in [1.807, 2.05) is 6.92 Å². The highest BCUT2D eigenvalue weighted by molar-refractivity contribution is 5.91. The number of benzene rings is 1. The minimum absolute atomic E-state index is 0.0971. The average molecular weight is 264 g/mol. The Morgan fingerprint density at radius 3 is 2.89 bits per heavy atom. The van der Waals surface area contributed by atoms with E-state index in [4.69, 9.17) is 0 Å². The molecule has 0 aromatic heterocycles. The molecule has 2 amide bonds. The molecule has 0 spiro atoms. The van der Waals surface area contributed by atoms with E-state index in [0.29, 0.717) is 19.5 Å². The summed E-state index contributed by atoms with van der Waals surface area (Å²) in [5.74, 6) is -0.353. The van der Waals surface area contributed by atoms with E-state index >= 15 is 0 Å². The number of ketones is 1. The molecule has 1 aromatic carbocycles. The van der Waals surface area contributed by atoms with Gasteiger partial charge < -0.3 is 10.2 Å². The number of anilines is 1. The van der Waals surface area contributed by atoms with Gasteiger partial charge in [-0.15, -0.1) is 0 Å². The summed E-state index contributed by atoms with van der Waals surface area (Å²) in [6.07, 6.45) is 1.10. The van der Waals surface area contributed by atoms with Crippen LogP contribution in [0.5, 0.6) is 0 Å². The van der Waals surface area contributed by atoms with Crippen molar-refractivity contribution in [1.82, 2.24) is 4.90 Å². The van der Waals surface area contributed by atoms with Gasteiger partial charge in [-0.3, -0.25) is 4.79 Å². The number of halogens is 1. The molecule has 1 atom stereocenters. The number of amides is 2. The fourth-order valence-electron chi connectivity index (χ4n) is 2.21. The minimum atomic E-state index is -0.462. The van der Waals surface area contributed by atoms with Gasteiger partial charge in [0.2, 0.25) is 0 Å². The Labute approximate surface area is 111 Å². The molecule has 5 heteroatoms. The number of urea groups is 1. The lowest BCUT2D eigenvalue weighted by atomic mass is 9.94. The first kappa shape index (κ1) is 13.5. The van der Waals surface area contributed by atoms with Gasteiger partial charge in [-0.25, -0.2) is 9.18 Å². The Morgan fingerprint density at radius 1 is 1.47 bits per heavy atom. The van der Waals surface area contributed by atoms with Gasteiger partial charge in [0.05, 0.1) is 5.69 Å². The number of carbonyl (C=O) groups is 2. The lowest BCUT2D eigenvalue weighted by Gasteiger charge is -2.31. The second kappa shape index (κ2) is 5.82. The van der Waals surface area contributed by atoms with Gasteiger partial charge in [-0.2, -0.15) is 0 Å². The SMILES string of the molecule is CCC1CN(C(=O)Nc2ccccc2F)CCC1=O. The van der Waals surface area contributed by atoms with Gasteiger partial charge in [-0.1, -0.05) is 19.1 Å². The molecule has 102 valence electrons. The predicted octanol–water partition coefficient (Wildman–Crippen LogP) is 2.66. The number of hydrogen-bond donors (Lipinski definition) is 1. The number of carbonyl (C=O) groups excluding carboxylic acids is 2. The minimum Gasteiger partial charge on any atom is -0.323 e. The van der Waals surface area contributed by atoms with Crippen molar-refractivity contribution in [2.45, 2.75) is 19.8 Å². The molecule has 4 nitrogen and oxygen atoms in total. The number of likely N-dealkylation sites (tertiary alicyclic amines) is 1. The fraction of sp³-hybridized carbons (Fsp3) is 0.429. The van der Waals surface area contributed by atoms with Crippen molar-refractivity contribution in [3.05, 3.63) is 30.1 Å². The molecule has 1 heterocycles. The van der Waals surface area contributed by atoms with Crippen LogP contribution in [0.15, 0.2) is 24.3 Å². The molecule has 19 heavy (non-hydrogen) atoms. The highest BCUT2D eigenvalue weighted by Gasteiger charge is 2.28. The van der Waals surface area contributed by atoms with E-state index in [1.54, 1.807) is 17.0 Å². The zero-order chi connectivity index (χ0) is 13.8. The fourth-order valence-corrected chi connectivity index (χ4v) is 2.21.